The highest BCUT2D eigenvalue weighted by Crippen LogP contribution is 2.39. The number of hydrogen-bond acceptors (Lipinski definition) is 3. The molecule has 3 rings (SSSR count). The Balaban J connectivity index is 2.23. The van der Waals surface area contributed by atoms with Crippen LogP contribution in [-0.2, 0) is 6.42 Å². The first kappa shape index (κ1) is 10.2. The van der Waals surface area contributed by atoms with Gasteiger partial charge in [-0.05, 0) is 19.1 Å². The fourth-order valence-electron chi connectivity index (χ4n) is 2.33. The number of rotatable bonds is 1. The molecule has 1 unspecified atom stereocenters. The lowest BCUT2D eigenvalue weighted by Gasteiger charge is -2.17. The van der Waals surface area contributed by atoms with Crippen molar-refractivity contribution in [2.75, 3.05) is 0 Å². The van der Waals surface area contributed by atoms with Gasteiger partial charge in [-0.1, -0.05) is 0 Å². The number of H-pyrrole nitrogens is 1. The highest BCUT2D eigenvalue weighted by Gasteiger charge is 2.29. The minimum Gasteiger partial charge on any atom is -0.475 e. The SMILES string of the molecule is Cc1cc2c([nH]1)CC(N)c1cc(C(=O)O)oc1-2. The molecule has 0 saturated heterocycles. The molecule has 0 aromatic carbocycles. The van der Waals surface area contributed by atoms with Crippen molar-refractivity contribution < 1.29 is 14.3 Å². The second-order valence-corrected chi connectivity index (χ2v) is 4.36. The monoisotopic (exact) mass is 232 g/mol. The first-order valence-electron chi connectivity index (χ1n) is 5.37. The number of aromatic nitrogens is 1. The first-order valence-corrected chi connectivity index (χ1v) is 5.37. The Hall–Kier alpha value is -2.01. The Kier molecular flexibility index (Phi) is 1.94. The van der Waals surface area contributed by atoms with E-state index in [1.54, 1.807) is 0 Å². The molecule has 0 aliphatic heterocycles. The lowest BCUT2D eigenvalue weighted by Crippen LogP contribution is -2.17. The Morgan fingerprint density at radius 1 is 1.59 bits per heavy atom. The van der Waals surface area contributed by atoms with Gasteiger partial charge in [-0.25, -0.2) is 4.79 Å². The van der Waals surface area contributed by atoms with Crippen LogP contribution in [0, 0.1) is 6.92 Å². The van der Waals surface area contributed by atoms with Gasteiger partial charge in [-0.3, -0.25) is 0 Å². The van der Waals surface area contributed by atoms with Crippen LogP contribution in [0.3, 0.4) is 0 Å². The molecule has 0 bridgehead atoms. The molecule has 0 radical (unpaired) electrons. The van der Waals surface area contributed by atoms with Crippen molar-refractivity contribution in [2.45, 2.75) is 19.4 Å². The number of nitrogens with one attached hydrogen (secondary N) is 1. The van der Waals surface area contributed by atoms with E-state index >= 15 is 0 Å². The topological polar surface area (TPSA) is 92.2 Å². The van der Waals surface area contributed by atoms with Gasteiger partial charge in [0.05, 0.1) is 0 Å². The Morgan fingerprint density at radius 3 is 3.06 bits per heavy atom. The number of fused-ring (bicyclic) bond motifs is 3. The molecule has 0 spiro atoms. The predicted molar refractivity (Wildman–Crippen MR) is 60.8 cm³/mol. The zero-order valence-electron chi connectivity index (χ0n) is 9.28. The van der Waals surface area contributed by atoms with E-state index in [9.17, 15) is 4.79 Å². The Morgan fingerprint density at radius 2 is 2.35 bits per heavy atom. The van der Waals surface area contributed by atoms with Crippen molar-refractivity contribution in [1.29, 1.82) is 0 Å². The smallest absolute Gasteiger partial charge is 0.371 e. The molecule has 2 aromatic heterocycles. The van der Waals surface area contributed by atoms with Gasteiger partial charge < -0.3 is 20.2 Å². The largest absolute Gasteiger partial charge is 0.475 e. The number of carbonyl (C=O) groups is 1. The highest BCUT2D eigenvalue weighted by atomic mass is 16.4. The molecule has 88 valence electrons. The molecule has 0 amide bonds. The number of hydrogen-bond donors (Lipinski definition) is 3. The van der Waals surface area contributed by atoms with E-state index in [0.29, 0.717) is 12.2 Å². The fourth-order valence-corrected chi connectivity index (χ4v) is 2.33. The molecule has 2 heterocycles. The van der Waals surface area contributed by atoms with Crippen molar-refractivity contribution in [2.24, 2.45) is 5.73 Å². The number of carboxylic acids is 1. The van der Waals surface area contributed by atoms with Crippen LogP contribution in [-0.4, -0.2) is 16.1 Å². The summed E-state index contributed by atoms with van der Waals surface area (Å²) in [6.45, 7) is 1.95. The average molecular weight is 232 g/mol. The molecule has 5 nitrogen and oxygen atoms in total. The maximum atomic E-state index is 10.9. The van der Waals surface area contributed by atoms with E-state index < -0.39 is 5.97 Å². The van der Waals surface area contributed by atoms with E-state index in [-0.39, 0.29) is 11.8 Å². The summed E-state index contributed by atoms with van der Waals surface area (Å²) in [7, 11) is 0. The van der Waals surface area contributed by atoms with Crippen molar-refractivity contribution in [3.63, 3.8) is 0 Å². The van der Waals surface area contributed by atoms with Crippen molar-refractivity contribution in [1.82, 2.24) is 4.98 Å². The van der Waals surface area contributed by atoms with Gasteiger partial charge in [0.2, 0.25) is 5.76 Å². The maximum Gasteiger partial charge on any atom is 0.371 e. The van der Waals surface area contributed by atoms with E-state index in [1.807, 2.05) is 13.0 Å². The zero-order valence-corrected chi connectivity index (χ0v) is 9.28. The number of carboxylic acid groups (broad SMARTS) is 1. The summed E-state index contributed by atoms with van der Waals surface area (Å²) in [4.78, 5) is 14.1. The maximum absolute atomic E-state index is 10.9. The molecule has 0 saturated carbocycles. The summed E-state index contributed by atoms with van der Waals surface area (Å²) in [5.74, 6) is -0.543. The van der Waals surface area contributed by atoms with Crippen molar-refractivity contribution >= 4 is 5.97 Å². The summed E-state index contributed by atoms with van der Waals surface area (Å²) in [6.07, 6.45) is 0.675. The molecule has 4 N–H and O–H groups in total. The molecule has 5 heteroatoms. The van der Waals surface area contributed by atoms with E-state index in [4.69, 9.17) is 15.3 Å². The molecular weight excluding hydrogens is 220 g/mol. The van der Waals surface area contributed by atoms with Gasteiger partial charge in [-0.15, -0.1) is 0 Å². The van der Waals surface area contributed by atoms with Crippen LogP contribution in [0.4, 0.5) is 0 Å². The number of aromatic carboxylic acids is 1. The Labute approximate surface area is 97.2 Å². The number of aryl methyl sites for hydroxylation is 1. The van der Waals surface area contributed by atoms with E-state index in [2.05, 4.69) is 4.98 Å². The third-order valence-corrected chi connectivity index (χ3v) is 3.07. The van der Waals surface area contributed by atoms with Gasteiger partial charge in [0.25, 0.3) is 0 Å². The second-order valence-electron chi connectivity index (χ2n) is 4.36. The lowest BCUT2D eigenvalue weighted by atomic mass is 9.92. The van der Waals surface area contributed by atoms with Crippen LogP contribution in [0.1, 0.15) is 33.5 Å². The standard InChI is InChI=1S/C12H12N2O3/c1-5-2-7-9(14-5)4-8(13)6-3-10(12(15)16)17-11(6)7/h2-3,8,14H,4,13H2,1H3,(H,15,16). The van der Waals surface area contributed by atoms with Gasteiger partial charge in [0, 0.05) is 35.0 Å². The molecule has 17 heavy (non-hydrogen) atoms. The molecule has 1 aliphatic rings. The number of furan rings is 1. The van der Waals surface area contributed by atoms with Crippen LogP contribution < -0.4 is 5.73 Å². The Bertz CT molecular complexity index is 609. The lowest BCUT2D eigenvalue weighted by molar-refractivity contribution is 0.0663. The van der Waals surface area contributed by atoms with Crippen LogP contribution in [0.2, 0.25) is 0 Å². The summed E-state index contributed by atoms with van der Waals surface area (Å²) in [5.41, 5.74) is 9.73. The van der Waals surface area contributed by atoms with Crippen LogP contribution >= 0.6 is 0 Å². The van der Waals surface area contributed by atoms with Crippen LogP contribution in [0.15, 0.2) is 16.5 Å². The van der Waals surface area contributed by atoms with Crippen LogP contribution in [0.25, 0.3) is 11.3 Å². The molecule has 2 aromatic rings. The fraction of sp³-hybridized carbons (Fsp3) is 0.250. The summed E-state index contributed by atoms with van der Waals surface area (Å²) >= 11 is 0. The highest BCUT2D eigenvalue weighted by molar-refractivity contribution is 5.86. The minimum absolute atomic E-state index is 0.0582. The van der Waals surface area contributed by atoms with Crippen molar-refractivity contribution in [3.8, 4) is 11.3 Å². The number of nitrogens with two attached hydrogens (primary N) is 1. The molecule has 1 atom stereocenters. The van der Waals surface area contributed by atoms with Crippen molar-refractivity contribution in [3.05, 3.63) is 34.8 Å². The van der Waals surface area contributed by atoms with E-state index in [0.717, 1.165) is 22.5 Å². The summed E-state index contributed by atoms with van der Waals surface area (Å²) in [5, 5.41) is 8.93. The van der Waals surface area contributed by atoms with Crippen LogP contribution in [0.5, 0.6) is 0 Å². The van der Waals surface area contributed by atoms with Gasteiger partial charge in [0.15, 0.2) is 0 Å². The summed E-state index contributed by atoms with van der Waals surface area (Å²) in [6, 6.07) is 3.26. The molecular formula is C12H12N2O3. The minimum atomic E-state index is -1.07. The third-order valence-electron chi connectivity index (χ3n) is 3.07. The van der Waals surface area contributed by atoms with Gasteiger partial charge >= 0.3 is 5.97 Å². The molecule has 0 fully saturated rings. The van der Waals surface area contributed by atoms with Gasteiger partial charge in [-0.2, -0.15) is 0 Å². The average Bonchev–Trinajstić information content (AvgIpc) is 2.80. The van der Waals surface area contributed by atoms with Gasteiger partial charge in [0.1, 0.15) is 5.76 Å². The normalized spacial score (nSPS) is 17.6. The third kappa shape index (κ3) is 1.39. The predicted octanol–water partition coefficient (Wildman–Crippen LogP) is 1.84. The zero-order chi connectivity index (χ0) is 12.2. The first-order chi connectivity index (χ1) is 8.06. The summed E-state index contributed by atoms with van der Waals surface area (Å²) < 4.78 is 5.38. The second kappa shape index (κ2) is 3.24. The quantitative estimate of drug-likeness (QED) is 0.699. The number of aromatic amines is 1. The van der Waals surface area contributed by atoms with E-state index in [1.165, 1.54) is 6.07 Å². The molecule has 1 aliphatic carbocycles.